The Kier molecular flexibility index (Phi) is 6.63. The van der Waals surface area contributed by atoms with E-state index in [2.05, 4.69) is 30.6 Å². The Labute approximate surface area is 207 Å². The number of aromatic amines is 1. The molecule has 0 radical (unpaired) electrons. The average molecular weight is 528 g/mol. The molecule has 2 aliphatic rings. The molecule has 5 rings (SSSR count). The van der Waals surface area contributed by atoms with E-state index >= 15 is 0 Å². The molecule has 3 aromatic rings. The van der Waals surface area contributed by atoms with Gasteiger partial charge in [-0.25, -0.2) is 4.98 Å². The van der Waals surface area contributed by atoms with E-state index in [1.54, 1.807) is 6.20 Å². The SMILES string of the molecule is C[C@@H]1CN(CS(=O)[O-])CC[C@@H]1Nc1nc2cnc(-c3cn[nH]c3)c(OCC3(C(F)(F)F)CCC3)n2n1. The summed E-state index contributed by atoms with van der Waals surface area (Å²) in [6.45, 7) is 2.67. The van der Waals surface area contributed by atoms with E-state index in [0.717, 1.165) is 0 Å². The van der Waals surface area contributed by atoms with Gasteiger partial charge in [0.25, 0.3) is 0 Å². The average Bonchev–Trinajstić information content (AvgIpc) is 3.43. The number of hydrogen-bond acceptors (Lipinski definition) is 9. The number of rotatable bonds is 8. The fraction of sp³-hybridized carbons (Fsp3) is 0.619. The summed E-state index contributed by atoms with van der Waals surface area (Å²) in [5, 5.41) is 14.4. The lowest BCUT2D eigenvalue weighted by Crippen LogP contribution is -2.48. The number of piperidine rings is 1. The minimum atomic E-state index is -4.37. The molecule has 1 saturated heterocycles. The number of hydrogen-bond donors (Lipinski definition) is 2. The Morgan fingerprint density at radius 2 is 2.17 bits per heavy atom. The number of alkyl halides is 3. The normalized spacial score (nSPS) is 23.4. The number of likely N-dealkylation sites (tertiary alicyclic amines) is 1. The largest absolute Gasteiger partial charge is 0.771 e. The molecule has 1 unspecified atom stereocenters. The van der Waals surface area contributed by atoms with Gasteiger partial charge in [0.15, 0.2) is 5.65 Å². The number of nitrogens with zero attached hydrogens (tertiary/aromatic N) is 6. The van der Waals surface area contributed by atoms with E-state index in [0.29, 0.717) is 42.8 Å². The minimum absolute atomic E-state index is 0.00658. The van der Waals surface area contributed by atoms with Crippen LogP contribution >= 0.6 is 0 Å². The zero-order chi connectivity index (χ0) is 25.5. The van der Waals surface area contributed by atoms with Crippen molar-refractivity contribution < 1.29 is 26.7 Å². The second-order valence-electron chi connectivity index (χ2n) is 9.55. The maximum Gasteiger partial charge on any atom is 0.397 e. The van der Waals surface area contributed by atoms with Crippen LogP contribution in [-0.4, -0.2) is 81.2 Å². The molecule has 196 valence electrons. The van der Waals surface area contributed by atoms with E-state index in [4.69, 9.17) is 4.74 Å². The summed E-state index contributed by atoms with van der Waals surface area (Å²) < 4.78 is 70.5. The fourth-order valence-electron chi connectivity index (χ4n) is 4.80. The van der Waals surface area contributed by atoms with Crippen LogP contribution in [0.5, 0.6) is 5.88 Å². The van der Waals surface area contributed by atoms with E-state index < -0.39 is 29.3 Å². The van der Waals surface area contributed by atoms with Gasteiger partial charge in [-0.15, -0.1) is 5.10 Å². The molecule has 4 heterocycles. The van der Waals surface area contributed by atoms with Gasteiger partial charge in [-0.1, -0.05) is 13.3 Å². The summed E-state index contributed by atoms with van der Waals surface area (Å²) in [7, 11) is 0. The lowest BCUT2D eigenvalue weighted by Gasteiger charge is -2.42. The van der Waals surface area contributed by atoms with Gasteiger partial charge in [-0.05, 0) is 36.3 Å². The lowest BCUT2D eigenvalue weighted by molar-refractivity contribution is -0.259. The molecule has 0 bridgehead atoms. The smallest absolute Gasteiger partial charge is 0.397 e. The summed E-state index contributed by atoms with van der Waals surface area (Å²) in [4.78, 5) is 10.7. The maximum atomic E-state index is 13.8. The van der Waals surface area contributed by atoms with Crippen molar-refractivity contribution >= 4 is 22.7 Å². The minimum Gasteiger partial charge on any atom is -0.771 e. The molecule has 1 saturated carbocycles. The molecule has 0 aromatic carbocycles. The number of ether oxygens (including phenoxy) is 1. The fourth-order valence-corrected chi connectivity index (χ4v) is 5.33. The zero-order valence-corrected chi connectivity index (χ0v) is 20.3. The van der Waals surface area contributed by atoms with Crippen LogP contribution in [-0.2, 0) is 11.1 Å². The van der Waals surface area contributed by atoms with Gasteiger partial charge in [-0.3, -0.25) is 14.2 Å². The Morgan fingerprint density at radius 1 is 1.36 bits per heavy atom. The van der Waals surface area contributed by atoms with Gasteiger partial charge in [0.1, 0.15) is 17.7 Å². The van der Waals surface area contributed by atoms with Crippen LogP contribution in [0.3, 0.4) is 0 Å². The molecule has 0 amide bonds. The zero-order valence-electron chi connectivity index (χ0n) is 19.5. The first kappa shape index (κ1) is 24.9. The first-order valence-corrected chi connectivity index (χ1v) is 12.9. The third-order valence-electron chi connectivity index (χ3n) is 7.10. The molecule has 2 fully saturated rings. The molecule has 15 heteroatoms. The van der Waals surface area contributed by atoms with Crippen molar-refractivity contribution in [1.82, 2.24) is 34.7 Å². The summed E-state index contributed by atoms with van der Waals surface area (Å²) in [5.41, 5.74) is -0.719. The third-order valence-corrected chi connectivity index (χ3v) is 7.67. The molecular weight excluding hydrogens is 501 g/mol. The highest BCUT2D eigenvalue weighted by molar-refractivity contribution is 7.79. The van der Waals surface area contributed by atoms with Crippen LogP contribution in [0, 0.1) is 11.3 Å². The molecule has 1 aliphatic carbocycles. The van der Waals surface area contributed by atoms with Gasteiger partial charge < -0.3 is 14.6 Å². The number of halogens is 3. The first-order chi connectivity index (χ1) is 17.1. The Hall–Kier alpha value is -2.78. The lowest BCUT2D eigenvalue weighted by atomic mass is 9.69. The van der Waals surface area contributed by atoms with Gasteiger partial charge in [0.2, 0.25) is 11.8 Å². The number of H-pyrrole nitrogens is 1. The van der Waals surface area contributed by atoms with Crippen LogP contribution in [0.25, 0.3) is 16.9 Å². The van der Waals surface area contributed by atoms with Crippen LogP contribution in [0.15, 0.2) is 18.6 Å². The predicted molar refractivity (Wildman–Crippen MR) is 123 cm³/mol. The van der Waals surface area contributed by atoms with Crippen LogP contribution in [0.4, 0.5) is 19.1 Å². The van der Waals surface area contributed by atoms with Crippen LogP contribution in [0.1, 0.15) is 32.6 Å². The van der Waals surface area contributed by atoms with Gasteiger partial charge in [-0.2, -0.15) is 27.8 Å². The van der Waals surface area contributed by atoms with Crippen molar-refractivity contribution in [2.24, 2.45) is 11.3 Å². The van der Waals surface area contributed by atoms with E-state index in [-0.39, 0.29) is 42.5 Å². The number of fused-ring (bicyclic) bond motifs is 1. The van der Waals surface area contributed by atoms with Crippen molar-refractivity contribution in [3.63, 3.8) is 0 Å². The van der Waals surface area contributed by atoms with Crippen molar-refractivity contribution in [3.8, 4) is 17.1 Å². The molecule has 3 atom stereocenters. The molecular formula is C21H26F3N8O3S-. The van der Waals surface area contributed by atoms with E-state index in [1.807, 2.05) is 11.8 Å². The van der Waals surface area contributed by atoms with Gasteiger partial charge >= 0.3 is 6.18 Å². The highest BCUT2D eigenvalue weighted by atomic mass is 32.2. The maximum absolute atomic E-state index is 13.8. The standard InChI is InChI=1S/C21H27F3N8O3S/c1-13-10-31(12-36(33)34)6-3-15(13)28-19-29-16-9-25-17(14-7-26-27-8-14)18(32(16)30-19)35-11-20(4-2-5-20)21(22,23)24/h7-9,13,15H,2-6,10-12H2,1H3,(H,26,27)(H,28,30)(H,33,34)/p-1/t13-,15+/m1/s1. The molecule has 0 spiro atoms. The van der Waals surface area contributed by atoms with Crippen molar-refractivity contribution in [3.05, 3.63) is 18.6 Å². The highest BCUT2D eigenvalue weighted by Gasteiger charge is 2.59. The summed E-state index contributed by atoms with van der Waals surface area (Å²) in [6.07, 6.45) is 1.40. The second-order valence-corrected chi connectivity index (χ2v) is 10.4. The summed E-state index contributed by atoms with van der Waals surface area (Å²) >= 11 is -2.14. The Bertz CT molecular complexity index is 1230. The van der Waals surface area contributed by atoms with Crippen LogP contribution in [0.2, 0.25) is 0 Å². The molecule has 1 aliphatic heterocycles. The molecule has 36 heavy (non-hydrogen) atoms. The topological polar surface area (TPSA) is 136 Å². The highest BCUT2D eigenvalue weighted by Crippen LogP contribution is 2.53. The van der Waals surface area contributed by atoms with Gasteiger partial charge in [0.05, 0.1) is 18.3 Å². The number of nitrogens with one attached hydrogen (secondary N) is 2. The summed E-state index contributed by atoms with van der Waals surface area (Å²) in [6, 6.07) is -0.00658. The Balaban J connectivity index is 1.41. The van der Waals surface area contributed by atoms with Crippen molar-refractivity contribution in [2.45, 2.75) is 44.8 Å². The van der Waals surface area contributed by atoms with Gasteiger partial charge in [0, 0.05) is 30.9 Å². The number of aromatic nitrogens is 6. The van der Waals surface area contributed by atoms with E-state index in [1.165, 1.54) is 16.9 Å². The second kappa shape index (κ2) is 9.59. The molecule has 2 N–H and O–H groups in total. The quantitative estimate of drug-likeness (QED) is 0.424. The van der Waals surface area contributed by atoms with Crippen LogP contribution < -0.4 is 10.1 Å². The van der Waals surface area contributed by atoms with E-state index in [9.17, 15) is 21.9 Å². The first-order valence-electron chi connectivity index (χ1n) is 11.6. The summed E-state index contributed by atoms with van der Waals surface area (Å²) in [5.74, 6) is 0.463. The van der Waals surface area contributed by atoms with Crippen molar-refractivity contribution in [1.29, 1.82) is 0 Å². The Morgan fingerprint density at radius 3 is 2.78 bits per heavy atom. The molecule has 11 nitrogen and oxygen atoms in total. The number of anilines is 1. The third kappa shape index (κ3) is 4.78. The predicted octanol–water partition coefficient (Wildman–Crippen LogP) is 2.58. The van der Waals surface area contributed by atoms with Crippen molar-refractivity contribution in [2.75, 3.05) is 30.9 Å². The monoisotopic (exact) mass is 527 g/mol. The molecule has 3 aromatic heterocycles.